The Kier molecular flexibility index (Phi) is 4.08. The van der Waals surface area contributed by atoms with Crippen LogP contribution in [0.2, 0.25) is 0 Å². The van der Waals surface area contributed by atoms with E-state index in [2.05, 4.69) is 4.98 Å². The third-order valence-electron chi connectivity index (χ3n) is 3.43. The number of sulfonamides is 1. The lowest BCUT2D eigenvalue weighted by molar-refractivity contribution is 0.395. The van der Waals surface area contributed by atoms with Crippen LogP contribution in [0.25, 0.3) is 10.9 Å². The van der Waals surface area contributed by atoms with Crippen LogP contribution in [0.4, 0.5) is 0 Å². The second-order valence-corrected chi connectivity index (χ2v) is 6.91. The van der Waals surface area contributed by atoms with Crippen LogP contribution in [-0.4, -0.2) is 37.3 Å². The van der Waals surface area contributed by atoms with Crippen LogP contribution in [0.3, 0.4) is 0 Å². The molecule has 5 nitrogen and oxygen atoms in total. The highest BCUT2D eigenvalue weighted by Crippen LogP contribution is 2.24. The zero-order chi connectivity index (χ0) is 14.9. The normalized spacial score (nSPS) is 13.8. The van der Waals surface area contributed by atoms with Crippen molar-refractivity contribution in [3.8, 4) is 0 Å². The number of fused-ring (bicyclic) bond motifs is 1. The second-order valence-electron chi connectivity index (χ2n) is 4.95. The Balaban J connectivity index is 2.63. The summed E-state index contributed by atoms with van der Waals surface area (Å²) in [5, 5.41) is 0.819. The zero-order valence-corrected chi connectivity index (χ0v) is 12.7. The summed E-state index contributed by atoms with van der Waals surface area (Å²) in [6, 6.07) is 6.84. The maximum absolute atomic E-state index is 12.7. The lowest BCUT2D eigenvalue weighted by Gasteiger charge is -2.23. The first kappa shape index (κ1) is 14.9. The Morgan fingerprint density at radius 2 is 2.10 bits per heavy atom. The highest BCUT2D eigenvalue weighted by Gasteiger charge is 2.26. The molecule has 20 heavy (non-hydrogen) atoms. The van der Waals surface area contributed by atoms with Crippen LogP contribution in [0.15, 0.2) is 35.4 Å². The predicted octanol–water partition coefficient (Wildman–Crippen LogP) is 1.51. The highest BCUT2D eigenvalue weighted by molar-refractivity contribution is 7.89. The molecule has 0 radical (unpaired) electrons. The fourth-order valence-electron chi connectivity index (χ4n) is 1.99. The van der Waals surface area contributed by atoms with E-state index in [1.54, 1.807) is 32.3 Å². The van der Waals surface area contributed by atoms with Crippen molar-refractivity contribution < 1.29 is 8.42 Å². The molecule has 1 atom stereocenters. The van der Waals surface area contributed by atoms with Crippen molar-refractivity contribution in [2.45, 2.75) is 24.8 Å². The minimum absolute atomic E-state index is 0.220. The first-order chi connectivity index (χ1) is 9.37. The molecule has 2 aromatic rings. The summed E-state index contributed by atoms with van der Waals surface area (Å²) in [6.45, 7) is 3.98. The van der Waals surface area contributed by atoms with E-state index in [0.29, 0.717) is 5.52 Å². The van der Waals surface area contributed by atoms with Crippen molar-refractivity contribution in [3.05, 3.63) is 36.0 Å². The van der Waals surface area contributed by atoms with Crippen molar-refractivity contribution in [3.63, 3.8) is 0 Å². The zero-order valence-electron chi connectivity index (χ0n) is 11.9. The molecule has 0 bridgehead atoms. The van der Waals surface area contributed by atoms with Crippen molar-refractivity contribution in [2.75, 3.05) is 13.6 Å². The van der Waals surface area contributed by atoms with Crippen LogP contribution in [0.1, 0.15) is 12.5 Å². The van der Waals surface area contributed by atoms with E-state index < -0.39 is 10.0 Å². The average Bonchev–Trinajstić information content (AvgIpc) is 2.44. The van der Waals surface area contributed by atoms with Gasteiger partial charge >= 0.3 is 0 Å². The molecule has 0 aliphatic rings. The third kappa shape index (κ3) is 2.54. The number of nitrogens with zero attached hydrogens (tertiary/aromatic N) is 2. The van der Waals surface area contributed by atoms with Gasteiger partial charge in [0.1, 0.15) is 4.90 Å². The van der Waals surface area contributed by atoms with E-state index in [1.165, 1.54) is 4.31 Å². The van der Waals surface area contributed by atoms with Gasteiger partial charge in [-0.05, 0) is 31.5 Å². The van der Waals surface area contributed by atoms with E-state index >= 15 is 0 Å². The third-order valence-corrected chi connectivity index (χ3v) is 5.43. The first-order valence-electron chi connectivity index (χ1n) is 6.41. The number of rotatable bonds is 4. The summed E-state index contributed by atoms with van der Waals surface area (Å²) in [5.41, 5.74) is 7.05. The molecule has 1 aromatic carbocycles. The minimum Gasteiger partial charge on any atom is -0.329 e. The molecule has 0 saturated heterocycles. The Morgan fingerprint density at radius 3 is 2.75 bits per heavy atom. The summed E-state index contributed by atoms with van der Waals surface area (Å²) < 4.78 is 26.6. The largest absolute Gasteiger partial charge is 0.329 e. The Bertz CT molecular complexity index is 728. The number of aryl methyl sites for hydroxylation is 1. The summed E-state index contributed by atoms with van der Waals surface area (Å²) in [7, 11) is -2.06. The van der Waals surface area contributed by atoms with Crippen molar-refractivity contribution >= 4 is 20.9 Å². The Morgan fingerprint density at radius 1 is 1.40 bits per heavy atom. The SMILES string of the molecule is Cc1cnc2c(S(=O)(=O)N(C)C(C)CN)cccc2c1. The summed E-state index contributed by atoms with van der Waals surface area (Å²) in [4.78, 5) is 4.50. The maximum atomic E-state index is 12.7. The molecule has 0 saturated carbocycles. The first-order valence-corrected chi connectivity index (χ1v) is 7.85. The number of aromatic nitrogens is 1. The molecule has 2 N–H and O–H groups in total. The Labute approximate surface area is 119 Å². The molecule has 108 valence electrons. The number of pyridine rings is 1. The van der Waals surface area contributed by atoms with Gasteiger partial charge in [-0.15, -0.1) is 0 Å². The quantitative estimate of drug-likeness (QED) is 0.927. The van der Waals surface area contributed by atoms with E-state index in [0.717, 1.165) is 10.9 Å². The average molecular weight is 293 g/mol. The monoisotopic (exact) mass is 293 g/mol. The topological polar surface area (TPSA) is 76.3 Å². The highest BCUT2D eigenvalue weighted by atomic mass is 32.2. The molecule has 1 unspecified atom stereocenters. The van der Waals surface area contributed by atoms with Crippen LogP contribution >= 0.6 is 0 Å². The fraction of sp³-hybridized carbons (Fsp3) is 0.357. The van der Waals surface area contributed by atoms with Crippen molar-refractivity contribution in [1.82, 2.24) is 9.29 Å². The van der Waals surface area contributed by atoms with Gasteiger partial charge in [0.05, 0.1) is 5.52 Å². The van der Waals surface area contributed by atoms with E-state index in [-0.39, 0.29) is 17.5 Å². The fourth-order valence-corrected chi connectivity index (χ4v) is 3.53. The molecule has 1 heterocycles. The number of likely N-dealkylation sites (N-methyl/N-ethyl adjacent to an activating group) is 1. The molecule has 0 fully saturated rings. The smallest absolute Gasteiger partial charge is 0.245 e. The van der Waals surface area contributed by atoms with Gasteiger partial charge in [-0.1, -0.05) is 12.1 Å². The summed E-state index contributed by atoms with van der Waals surface area (Å²) in [5.74, 6) is 0. The van der Waals surface area contributed by atoms with Gasteiger partial charge in [0.2, 0.25) is 10.0 Å². The van der Waals surface area contributed by atoms with Gasteiger partial charge in [0.15, 0.2) is 0 Å². The minimum atomic E-state index is -3.60. The van der Waals surface area contributed by atoms with Crippen LogP contribution in [0, 0.1) is 6.92 Å². The Hall–Kier alpha value is -1.50. The van der Waals surface area contributed by atoms with E-state index in [1.807, 2.05) is 19.1 Å². The molecule has 6 heteroatoms. The number of hydrogen-bond donors (Lipinski definition) is 1. The van der Waals surface area contributed by atoms with Crippen LogP contribution in [0.5, 0.6) is 0 Å². The van der Waals surface area contributed by atoms with Gasteiger partial charge in [-0.25, -0.2) is 8.42 Å². The molecular weight excluding hydrogens is 274 g/mol. The van der Waals surface area contributed by atoms with E-state index in [9.17, 15) is 8.42 Å². The van der Waals surface area contributed by atoms with Gasteiger partial charge < -0.3 is 5.73 Å². The van der Waals surface area contributed by atoms with Crippen molar-refractivity contribution in [2.24, 2.45) is 5.73 Å². The predicted molar refractivity (Wildman–Crippen MR) is 79.9 cm³/mol. The molecular formula is C14H19N3O2S. The standard InChI is InChI=1S/C14H19N3O2S/c1-10-7-12-5-4-6-13(14(12)16-9-10)20(18,19)17(3)11(2)8-15/h4-7,9,11H,8,15H2,1-3H3. The molecule has 1 aromatic heterocycles. The molecule has 2 rings (SSSR count). The number of nitrogens with two attached hydrogens (primary N) is 1. The lowest BCUT2D eigenvalue weighted by atomic mass is 10.2. The lowest BCUT2D eigenvalue weighted by Crippen LogP contribution is -2.39. The van der Waals surface area contributed by atoms with Gasteiger partial charge in [-0.2, -0.15) is 4.31 Å². The van der Waals surface area contributed by atoms with Gasteiger partial charge in [0.25, 0.3) is 0 Å². The second kappa shape index (κ2) is 5.47. The molecule has 0 amide bonds. The van der Waals surface area contributed by atoms with Gasteiger partial charge in [0, 0.05) is 31.2 Å². The van der Waals surface area contributed by atoms with Gasteiger partial charge in [-0.3, -0.25) is 4.98 Å². The van der Waals surface area contributed by atoms with Crippen molar-refractivity contribution in [1.29, 1.82) is 0 Å². The van der Waals surface area contributed by atoms with Crippen LogP contribution in [-0.2, 0) is 10.0 Å². The molecule has 0 spiro atoms. The molecule has 0 aliphatic heterocycles. The number of hydrogen-bond acceptors (Lipinski definition) is 4. The number of para-hydroxylation sites is 1. The van der Waals surface area contributed by atoms with Crippen LogP contribution < -0.4 is 5.73 Å². The number of benzene rings is 1. The summed E-state index contributed by atoms with van der Waals surface area (Å²) >= 11 is 0. The summed E-state index contributed by atoms with van der Waals surface area (Å²) in [6.07, 6.45) is 1.67. The van der Waals surface area contributed by atoms with E-state index in [4.69, 9.17) is 5.73 Å². The molecule has 0 aliphatic carbocycles. The maximum Gasteiger partial charge on any atom is 0.245 e.